The van der Waals surface area contributed by atoms with Gasteiger partial charge in [0.25, 0.3) is 0 Å². The van der Waals surface area contributed by atoms with E-state index >= 15 is 0 Å². The molecule has 20 heavy (non-hydrogen) atoms. The second-order valence-electron chi connectivity index (χ2n) is 3.87. The molecule has 0 spiro atoms. The predicted octanol–water partition coefficient (Wildman–Crippen LogP) is 3.40. The fourth-order valence-corrected chi connectivity index (χ4v) is 2.16. The normalized spacial score (nSPS) is 12.1. The van der Waals surface area contributed by atoms with Crippen molar-refractivity contribution in [2.24, 2.45) is 0 Å². The molecular weight excluding hydrogens is 298 g/mol. The van der Waals surface area contributed by atoms with E-state index in [1.165, 1.54) is 11.3 Å². The maximum atomic E-state index is 12.9. The van der Waals surface area contributed by atoms with E-state index in [0.29, 0.717) is 16.8 Å². The lowest BCUT2D eigenvalue weighted by molar-refractivity contribution is -0.148. The van der Waals surface area contributed by atoms with Crippen molar-refractivity contribution in [3.63, 3.8) is 0 Å². The Balaban J connectivity index is 2.26. The van der Waals surface area contributed by atoms with Crippen LogP contribution in [-0.4, -0.2) is 35.5 Å². The number of nitrogens with one attached hydrogen (secondary N) is 1. The summed E-state index contributed by atoms with van der Waals surface area (Å²) in [6, 6.07) is 1.59. The standard InChI is InChI=1S/C11H11F4N3OS/c1-2-16-10-17-7(6-3-4-20-8(6)18-10)19-5-11(14,15)9(12)13/h3-4,9H,2,5H2,1H3,(H,16,17,18). The van der Waals surface area contributed by atoms with Crippen LogP contribution < -0.4 is 10.1 Å². The summed E-state index contributed by atoms with van der Waals surface area (Å²) >= 11 is 1.27. The lowest BCUT2D eigenvalue weighted by atomic mass is 10.3. The molecule has 2 aromatic rings. The Morgan fingerprint density at radius 3 is 2.80 bits per heavy atom. The molecule has 0 saturated heterocycles. The minimum Gasteiger partial charge on any atom is -0.470 e. The van der Waals surface area contributed by atoms with Crippen molar-refractivity contribution in [3.8, 4) is 5.88 Å². The van der Waals surface area contributed by atoms with Crippen molar-refractivity contribution in [1.29, 1.82) is 0 Å². The second-order valence-corrected chi connectivity index (χ2v) is 4.77. The molecule has 2 heterocycles. The first-order valence-electron chi connectivity index (χ1n) is 5.72. The first-order valence-corrected chi connectivity index (χ1v) is 6.60. The zero-order chi connectivity index (χ0) is 14.8. The molecule has 0 saturated carbocycles. The van der Waals surface area contributed by atoms with Gasteiger partial charge in [-0.15, -0.1) is 11.3 Å². The van der Waals surface area contributed by atoms with Gasteiger partial charge in [0, 0.05) is 6.54 Å². The van der Waals surface area contributed by atoms with Crippen molar-refractivity contribution in [3.05, 3.63) is 11.4 Å². The van der Waals surface area contributed by atoms with E-state index in [2.05, 4.69) is 15.3 Å². The van der Waals surface area contributed by atoms with Gasteiger partial charge in [-0.1, -0.05) is 0 Å². The van der Waals surface area contributed by atoms with E-state index in [1.54, 1.807) is 11.4 Å². The number of halogens is 4. The number of ether oxygens (including phenoxy) is 1. The Bertz CT molecular complexity index is 590. The Hall–Kier alpha value is -1.64. The fraction of sp³-hybridized carbons (Fsp3) is 0.455. The summed E-state index contributed by atoms with van der Waals surface area (Å²) in [4.78, 5) is 8.59. The van der Waals surface area contributed by atoms with Crippen molar-refractivity contribution in [2.75, 3.05) is 18.5 Å². The van der Waals surface area contributed by atoms with E-state index in [0.717, 1.165) is 0 Å². The summed E-state index contributed by atoms with van der Waals surface area (Å²) in [7, 11) is 0. The largest absolute Gasteiger partial charge is 0.470 e. The van der Waals surface area contributed by atoms with Gasteiger partial charge in [0.15, 0.2) is 6.61 Å². The highest BCUT2D eigenvalue weighted by Crippen LogP contribution is 2.30. The van der Waals surface area contributed by atoms with Crippen LogP contribution in [0.4, 0.5) is 23.5 Å². The van der Waals surface area contributed by atoms with Crippen LogP contribution in [0.1, 0.15) is 6.92 Å². The number of hydrogen-bond acceptors (Lipinski definition) is 5. The molecule has 0 atom stereocenters. The lowest BCUT2D eigenvalue weighted by Gasteiger charge is -2.16. The summed E-state index contributed by atoms with van der Waals surface area (Å²) in [5, 5.41) is 4.92. The molecule has 0 unspecified atom stereocenters. The zero-order valence-electron chi connectivity index (χ0n) is 10.4. The van der Waals surface area contributed by atoms with Gasteiger partial charge in [0.05, 0.1) is 5.39 Å². The maximum absolute atomic E-state index is 12.9. The van der Waals surface area contributed by atoms with Crippen LogP contribution in [0.3, 0.4) is 0 Å². The highest BCUT2D eigenvalue weighted by atomic mass is 32.1. The SMILES string of the molecule is CCNc1nc(OCC(F)(F)C(F)F)c2ccsc2n1. The molecule has 2 aromatic heterocycles. The van der Waals surface area contributed by atoms with Gasteiger partial charge < -0.3 is 10.1 Å². The van der Waals surface area contributed by atoms with Crippen LogP contribution in [-0.2, 0) is 0 Å². The predicted molar refractivity (Wildman–Crippen MR) is 68.0 cm³/mol. The molecule has 0 aliphatic rings. The molecule has 0 fully saturated rings. The molecule has 4 nitrogen and oxygen atoms in total. The van der Waals surface area contributed by atoms with Crippen molar-refractivity contribution in [1.82, 2.24) is 9.97 Å². The van der Waals surface area contributed by atoms with Crippen LogP contribution in [0.5, 0.6) is 5.88 Å². The molecule has 0 aliphatic carbocycles. The van der Waals surface area contributed by atoms with E-state index in [4.69, 9.17) is 4.74 Å². The van der Waals surface area contributed by atoms with Gasteiger partial charge in [-0.3, -0.25) is 0 Å². The zero-order valence-corrected chi connectivity index (χ0v) is 11.2. The van der Waals surface area contributed by atoms with E-state index in [9.17, 15) is 17.6 Å². The molecule has 1 N–H and O–H groups in total. The highest BCUT2D eigenvalue weighted by Gasteiger charge is 2.42. The number of thiophene rings is 1. The number of fused-ring (bicyclic) bond motifs is 1. The molecule has 2 rings (SSSR count). The Morgan fingerprint density at radius 1 is 1.40 bits per heavy atom. The van der Waals surface area contributed by atoms with Gasteiger partial charge >= 0.3 is 12.3 Å². The van der Waals surface area contributed by atoms with Crippen LogP contribution in [0.2, 0.25) is 0 Å². The van der Waals surface area contributed by atoms with Crippen LogP contribution in [0, 0.1) is 0 Å². The monoisotopic (exact) mass is 309 g/mol. The Morgan fingerprint density at radius 2 is 2.15 bits per heavy atom. The Kier molecular flexibility index (Phi) is 4.26. The summed E-state index contributed by atoms with van der Waals surface area (Å²) in [6.45, 7) is 0.912. The molecular formula is C11H11F4N3OS. The summed E-state index contributed by atoms with van der Waals surface area (Å²) in [5.41, 5.74) is 0. The van der Waals surface area contributed by atoms with Gasteiger partial charge in [0.1, 0.15) is 4.83 Å². The van der Waals surface area contributed by atoms with Crippen LogP contribution in [0.15, 0.2) is 11.4 Å². The average molecular weight is 309 g/mol. The number of aromatic nitrogens is 2. The molecule has 9 heteroatoms. The number of hydrogen-bond donors (Lipinski definition) is 1. The third kappa shape index (κ3) is 3.09. The second kappa shape index (κ2) is 5.78. The number of nitrogens with zero attached hydrogens (tertiary/aromatic N) is 2. The third-order valence-corrected chi connectivity index (χ3v) is 3.15. The quantitative estimate of drug-likeness (QED) is 0.831. The smallest absolute Gasteiger partial charge is 0.340 e. The van der Waals surface area contributed by atoms with Crippen molar-refractivity contribution >= 4 is 27.5 Å². The summed E-state index contributed by atoms with van der Waals surface area (Å²) in [6.07, 6.45) is -3.78. The average Bonchev–Trinajstić information content (AvgIpc) is 2.84. The molecule has 110 valence electrons. The topological polar surface area (TPSA) is 47.0 Å². The third-order valence-electron chi connectivity index (χ3n) is 2.35. The maximum Gasteiger partial charge on any atom is 0.340 e. The van der Waals surface area contributed by atoms with Crippen LogP contribution in [0.25, 0.3) is 10.2 Å². The summed E-state index contributed by atoms with van der Waals surface area (Å²) < 4.78 is 54.7. The molecule has 0 radical (unpaired) electrons. The number of anilines is 1. The fourth-order valence-electron chi connectivity index (χ4n) is 1.40. The minimum absolute atomic E-state index is 0.132. The van der Waals surface area contributed by atoms with E-state index < -0.39 is 19.0 Å². The number of alkyl halides is 4. The highest BCUT2D eigenvalue weighted by molar-refractivity contribution is 7.16. The molecule has 0 bridgehead atoms. The Labute approximate surface area is 115 Å². The van der Waals surface area contributed by atoms with Crippen LogP contribution >= 0.6 is 11.3 Å². The lowest BCUT2D eigenvalue weighted by Crippen LogP contribution is -2.34. The first-order chi connectivity index (χ1) is 9.44. The molecule has 0 aliphatic heterocycles. The first kappa shape index (κ1) is 14.8. The molecule has 0 amide bonds. The van der Waals surface area contributed by atoms with Crippen molar-refractivity contribution < 1.29 is 22.3 Å². The summed E-state index contributed by atoms with van der Waals surface area (Å²) in [5.74, 6) is -4.14. The minimum atomic E-state index is -4.22. The van der Waals surface area contributed by atoms with Gasteiger partial charge in [-0.2, -0.15) is 13.8 Å². The van der Waals surface area contributed by atoms with Gasteiger partial charge in [0.2, 0.25) is 11.8 Å². The van der Waals surface area contributed by atoms with Crippen molar-refractivity contribution in [2.45, 2.75) is 19.3 Å². The number of rotatable bonds is 6. The van der Waals surface area contributed by atoms with Gasteiger partial charge in [-0.25, -0.2) is 13.8 Å². The van der Waals surface area contributed by atoms with E-state index in [1.807, 2.05) is 6.92 Å². The molecule has 0 aromatic carbocycles. The van der Waals surface area contributed by atoms with Gasteiger partial charge in [-0.05, 0) is 18.4 Å². The van der Waals surface area contributed by atoms with E-state index in [-0.39, 0.29) is 11.8 Å².